The molecule has 1 unspecified atom stereocenters. The highest BCUT2D eigenvalue weighted by Crippen LogP contribution is 2.28. The second kappa shape index (κ2) is 7.09. The molecule has 1 saturated heterocycles. The van der Waals surface area contributed by atoms with Crippen molar-refractivity contribution in [3.8, 4) is 0 Å². The fourth-order valence-electron chi connectivity index (χ4n) is 3.67. The van der Waals surface area contributed by atoms with Gasteiger partial charge in [-0.05, 0) is 24.1 Å². The number of hydrogen-bond donors (Lipinski definition) is 1. The fourth-order valence-corrected chi connectivity index (χ4v) is 3.95. The fraction of sp³-hybridized carbons (Fsp3) is 0.300. The van der Waals surface area contributed by atoms with Crippen molar-refractivity contribution in [2.24, 2.45) is 7.05 Å². The average Bonchev–Trinajstić information content (AvgIpc) is 2.96. The number of carbonyl (C=O) groups is 1. The average molecular weight is 369 g/mol. The molecule has 2 aromatic carbocycles. The van der Waals surface area contributed by atoms with E-state index in [1.165, 1.54) is 0 Å². The van der Waals surface area contributed by atoms with Gasteiger partial charge in [0.2, 0.25) is 5.91 Å². The summed E-state index contributed by atoms with van der Waals surface area (Å²) in [5.74, 6) is 0.0754. The molecule has 0 saturated carbocycles. The zero-order chi connectivity index (χ0) is 18.1. The Morgan fingerprint density at radius 2 is 2.00 bits per heavy atom. The molecule has 6 heteroatoms. The molecule has 1 N–H and O–H groups in total. The topological polar surface area (TPSA) is 50.2 Å². The predicted molar refractivity (Wildman–Crippen MR) is 103 cm³/mol. The third kappa shape index (κ3) is 3.20. The Kier molecular flexibility index (Phi) is 4.66. The van der Waals surface area contributed by atoms with Gasteiger partial charge in [0.05, 0.1) is 22.3 Å². The molecule has 5 nitrogen and oxygen atoms in total. The third-order valence-corrected chi connectivity index (χ3v) is 5.28. The van der Waals surface area contributed by atoms with Crippen molar-refractivity contribution in [1.82, 2.24) is 20.0 Å². The van der Waals surface area contributed by atoms with Crippen LogP contribution < -0.4 is 5.32 Å². The van der Waals surface area contributed by atoms with E-state index in [1.807, 2.05) is 48.1 Å². The molecule has 0 bridgehead atoms. The van der Waals surface area contributed by atoms with Crippen molar-refractivity contribution in [2.75, 3.05) is 13.1 Å². The molecule has 2 heterocycles. The van der Waals surface area contributed by atoms with E-state index in [0.717, 1.165) is 28.7 Å². The van der Waals surface area contributed by atoms with Crippen LogP contribution in [0.2, 0.25) is 5.02 Å². The van der Waals surface area contributed by atoms with Crippen LogP contribution in [0.4, 0.5) is 0 Å². The maximum absolute atomic E-state index is 12.5. The van der Waals surface area contributed by atoms with Crippen molar-refractivity contribution >= 4 is 28.4 Å². The molecule has 3 aromatic rings. The lowest BCUT2D eigenvalue weighted by atomic mass is 10.0. The van der Waals surface area contributed by atoms with Crippen LogP contribution in [0.1, 0.15) is 11.3 Å². The quantitative estimate of drug-likeness (QED) is 0.770. The Balaban J connectivity index is 1.64. The summed E-state index contributed by atoms with van der Waals surface area (Å²) in [7, 11) is 1.92. The van der Waals surface area contributed by atoms with Crippen LogP contribution in [-0.2, 0) is 24.8 Å². The number of fused-ring (bicyclic) bond motifs is 1. The molecule has 1 fully saturated rings. The van der Waals surface area contributed by atoms with E-state index >= 15 is 0 Å². The van der Waals surface area contributed by atoms with Gasteiger partial charge in [-0.15, -0.1) is 0 Å². The standard InChI is InChI=1S/C20H21ClN4O/c1-24-17-9-5-8-15(21)19(17)16(23-24)13-25-11-10-22-20(26)18(25)12-14-6-3-2-4-7-14/h2-9,18H,10-13H2,1H3,(H,22,26). The zero-order valence-corrected chi connectivity index (χ0v) is 15.4. The third-order valence-electron chi connectivity index (χ3n) is 4.97. The molecule has 134 valence electrons. The Labute approximate surface area is 157 Å². The first-order chi connectivity index (χ1) is 12.6. The molecule has 4 rings (SSSR count). The van der Waals surface area contributed by atoms with Crippen LogP contribution in [0.25, 0.3) is 10.9 Å². The highest BCUT2D eigenvalue weighted by atomic mass is 35.5. The second-order valence-corrected chi connectivity index (χ2v) is 7.08. The van der Waals surface area contributed by atoms with Gasteiger partial charge in [0, 0.05) is 32.1 Å². The second-order valence-electron chi connectivity index (χ2n) is 6.67. The summed E-state index contributed by atoms with van der Waals surface area (Å²) in [5, 5.41) is 9.33. The molecule has 1 atom stereocenters. The highest BCUT2D eigenvalue weighted by molar-refractivity contribution is 6.35. The van der Waals surface area contributed by atoms with Gasteiger partial charge in [0.25, 0.3) is 0 Å². The van der Waals surface area contributed by atoms with Crippen LogP contribution in [-0.4, -0.2) is 39.7 Å². The minimum Gasteiger partial charge on any atom is -0.353 e. The number of piperazine rings is 1. The van der Waals surface area contributed by atoms with Crippen LogP contribution in [0, 0.1) is 0 Å². The lowest BCUT2D eigenvalue weighted by molar-refractivity contribution is -0.129. The van der Waals surface area contributed by atoms with Crippen LogP contribution in [0.5, 0.6) is 0 Å². The van der Waals surface area contributed by atoms with E-state index in [1.54, 1.807) is 0 Å². The Bertz CT molecular complexity index is 938. The number of aromatic nitrogens is 2. The number of nitrogens with zero attached hydrogens (tertiary/aromatic N) is 3. The number of rotatable bonds is 4. The van der Waals surface area contributed by atoms with E-state index in [4.69, 9.17) is 11.6 Å². The molecule has 1 amide bonds. The number of benzene rings is 2. The van der Waals surface area contributed by atoms with Gasteiger partial charge in [0.15, 0.2) is 0 Å². The van der Waals surface area contributed by atoms with E-state index in [0.29, 0.717) is 24.5 Å². The van der Waals surface area contributed by atoms with Gasteiger partial charge in [0.1, 0.15) is 0 Å². The highest BCUT2D eigenvalue weighted by Gasteiger charge is 2.31. The van der Waals surface area contributed by atoms with E-state index in [2.05, 4.69) is 27.4 Å². The van der Waals surface area contributed by atoms with Crippen molar-refractivity contribution < 1.29 is 4.79 Å². The number of halogens is 1. The van der Waals surface area contributed by atoms with Crippen molar-refractivity contribution in [1.29, 1.82) is 0 Å². The molecule has 1 aliphatic heterocycles. The molecule has 0 aliphatic carbocycles. The SMILES string of the molecule is Cn1nc(CN2CCNC(=O)C2Cc2ccccc2)c2c(Cl)cccc21. The first-order valence-electron chi connectivity index (χ1n) is 8.79. The Hall–Kier alpha value is -2.37. The largest absolute Gasteiger partial charge is 0.353 e. The van der Waals surface area contributed by atoms with Crippen molar-refractivity contribution in [3.05, 3.63) is 64.8 Å². The van der Waals surface area contributed by atoms with Gasteiger partial charge in [-0.25, -0.2) is 0 Å². The number of amides is 1. The first-order valence-corrected chi connectivity index (χ1v) is 9.17. The summed E-state index contributed by atoms with van der Waals surface area (Å²) < 4.78 is 1.85. The maximum atomic E-state index is 12.5. The Morgan fingerprint density at radius 3 is 2.81 bits per heavy atom. The number of carbonyl (C=O) groups excluding carboxylic acids is 1. The molecule has 0 spiro atoms. The lowest BCUT2D eigenvalue weighted by Crippen LogP contribution is -2.55. The van der Waals surface area contributed by atoms with Gasteiger partial charge >= 0.3 is 0 Å². The minimum atomic E-state index is -0.203. The van der Waals surface area contributed by atoms with E-state index < -0.39 is 0 Å². The monoisotopic (exact) mass is 368 g/mol. The smallest absolute Gasteiger partial charge is 0.237 e. The van der Waals surface area contributed by atoms with Crippen molar-refractivity contribution in [2.45, 2.75) is 19.0 Å². The molecule has 0 radical (unpaired) electrons. The normalized spacial score (nSPS) is 18.2. The zero-order valence-electron chi connectivity index (χ0n) is 14.7. The van der Waals surface area contributed by atoms with Crippen molar-refractivity contribution in [3.63, 3.8) is 0 Å². The van der Waals surface area contributed by atoms with Gasteiger partial charge in [-0.1, -0.05) is 48.0 Å². The van der Waals surface area contributed by atoms with Gasteiger partial charge in [-0.3, -0.25) is 14.4 Å². The van der Waals surface area contributed by atoms with Crippen LogP contribution in [0.3, 0.4) is 0 Å². The molecular formula is C20H21ClN4O. The summed E-state index contributed by atoms with van der Waals surface area (Å²) in [6, 6.07) is 15.8. The summed E-state index contributed by atoms with van der Waals surface area (Å²) in [4.78, 5) is 14.7. The molecule has 26 heavy (non-hydrogen) atoms. The number of hydrogen-bond acceptors (Lipinski definition) is 3. The molecule has 1 aromatic heterocycles. The summed E-state index contributed by atoms with van der Waals surface area (Å²) in [5.41, 5.74) is 3.08. The van der Waals surface area contributed by atoms with Crippen LogP contribution in [0.15, 0.2) is 48.5 Å². The minimum absolute atomic E-state index is 0.0754. The number of aryl methyl sites for hydroxylation is 1. The first kappa shape index (κ1) is 17.1. The van der Waals surface area contributed by atoms with Gasteiger partial charge < -0.3 is 5.32 Å². The summed E-state index contributed by atoms with van der Waals surface area (Å²) in [6.45, 7) is 2.06. The van der Waals surface area contributed by atoms with E-state index in [-0.39, 0.29) is 11.9 Å². The summed E-state index contributed by atoms with van der Waals surface area (Å²) in [6.07, 6.45) is 0.686. The van der Waals surface area contributed by atoms with E-state index in [9.17, 15) is 4.79 Å². The Morgan fingerprint density at radius 1 is 1.19 bits per heavy atom. The van der Waals surface area contributed by atoms with Gasteiger partial charge in [-0.2, -0.15) is 5.10 Å². The number of nitrogens with one attached hydrogen (secondary N) is 1. The maximum Gasteiger partial charge on any atom is 0.237 e. The summed E-state index contributed by atoms with van der Waals surface area (Å²) >= 11 is 6.44. The predicted octanol–water partition coefficient (Wildman–Crippen LogP) is 2.77. The lowest BCUT2D eigenvalue weighted by Gasteiger charge is -2.34. The molecular weight excluding hydrogens is 348 g/mol. The molecule has 1 aliphatic rings. The van der Waals surface area contributed by atoms with Crippen LogP contribution >= 0.6 is 11.6 Å².